The van der Waals surface area contributed by atoms with Gasteiger partial charge in [0.05, 0.1) is 5.56 Å². The summed E-state index contributed by atoms with van der Waals surface area (Å²) in [6.07, 6.45) is 1.66. The lowest BCUT2D eigenvalue weighted by Crippen LogP contribution is -2.27. The molecule has 110 valence electrons. The van der Waals surface area contributed by atoms with Crippen LogP contribution in [-0.4, -0.2) is 55.5 Å². The van der Waals surface area contributed by atoms with Gasteiger partial charge in [0.2, 0.25) is 0 Å². The van der Waals surface area contributed by atoms with Crippen molar-refractivity contribution in [1.82, 2.24) is 4.98 Å². The number of ether oxygens (including phenoxy) is 2. The maximum Gasteiger partial charge on any atom is 0.174 e. The van der Waals surface area contributed by atoms with Crippen molar-refractivity contribution in [3.63, 3.8) is 0 Å². The van der Waals surface area contributed by atoms with Crippen LogP contribution in [0.1, 0.15) is 11.1 Å². The zero-order valence-electron chi connectivity index (χ0n) is 11.9. The fraction of sp³-hybridized carbons (Fsp3) is 0.538. The van der Waals surface area contributed by atoms with E-state index in [1.807, 2.05) is 17.9 Å². The van der Waals surface area contributed by atoms with E-state index in [0.29, 0.717) is 24.5 Å². The molecule has 1 aromatic rings. The molecule has 0 aliphatic carbocycles. The van der Waals surface area contributed by atoms with Crippen LogP contribution in [0.25, 0.3) is 0 Å². The molecule has 7 nitrogen and oxygen atoms in total. The number of rotatable bonds is 4. The van der Waals surface area contributed by atoms with Gasteiger partial charge in [-0.2, -0.15) is 0 Å². The van der Waals surface area contributed by atoms with Gasteiger partial charge in [0, 0.05) is 33.5 Å². The summed E-state index contributed by atoms with van der Waals surface area (Å²) >= 11 is 0. The molecular weight excluding hydrogens is 260 g/mol. The third-order valence-corrected chi connectivity index (χ3v) is 3.62. The van der Waals surface area contributed by atoms with Gasteiger partial charge in [-0.25, -0.2) is 4.98 Å². The van der Waals surface area contributed by atoms with Gasteiger partial charge < -0.3 is 25.3 Å². The van der Waals surface area contributed by atoms with E-state index in [-0.39, 0.29) is 18.0 Å². The minimum absolute atomic E-state index is 0.0255. The largest absolute Gasteiger partial charge is 0.409 e. The van der Waals surface area contributed by atoms with Gasteiger partial charge in [-0.15, -0.1) is 0 Å². The zero-order chi connectivity index (χ0) is 14.7. The number of nitrogens with zero attached hydrogens (tertiary/aromatic N) is 3. The Bertz CT molecular complexity index is 494. The molecule has 0 saturated carbocycles. The van der Waals surface area contributed by atoms with Crippen LogP contribution in [0.2, 0.25) is 0 Å². The van der Waals surface area contributed by atoms with Crippen LogP contribution >= 0.6 is 0 Å². The number of nitrogens with two attached hydrogens (primary N) is 1. The summed E-state index contributed by atoms with van der Waals surface area (Å²) in [6, 6.07) is 1.83. The Balaban J connectivity index is 2.37. The minimum atomic E-state index is -0.0255. The van der Waals surface area contributed by atoms with E-state index in [1.54, 1.807) is 20.4 Å². The van der Waals surface area contributed by atoms with Crippen LogP contribution in [0, 0.1) is 6.92 Å². The first-order valence-corrected chi connectivity index (χ1v) is 6.36. The maximum atomic E-state index is 8.94. The first kappa shape index (κ1) is 14.5. The van der Waals surface area contributed by atoms with Gasteiger partial charge in [-0.05, 0) is 18.6 Å². The number of hydrogen-bond acceptors (Lipinski definition) is 6. The van der Waals surface area contributed by atoms with Crippen molar-refractivity contribution in [3.05, 3.63) is 23.4 Å². The molecule has 2 heterocycles. The monoisotopic (exact) mass is 280 g/mol. The lowest BCUT2D eigenvalue weighted by Gasteiger charge is -2.20. The van der Waals surface area contributed by atoms with Crippen molar-refractivity contribution < 1.29 is 14.7 Å². The van der Waals surface area contributed by atoms with E-state index in [1.165, 1.54) is 0 Å². The van der Waals surface area contributed by atoms with E-state index in [0.717, 1.165) is 5.56 Å². The molecule has 2 unspecified atom stereocenters. The fourth-order valence-electron chi connectivity index (χ4n) is 2.52. The molecule has 1 aromatic heterocycles. The third kappa shape index (κ3) is 2.54. The van der Waals surface area contributed by atoms with Crippen molar-refractivity contribution in [1.29, 1.82) is 0 Å². The molecule has 0 bridgehead atoms. The average Bonchev–Trinajstić information content (AvgIpc) is 2.89. The summed E-state index contributed by atoms with van der Waals surface area (Å²) in [5.41, 5.74) is 7.31. The van der Waals surface area contributed by atoms with Gasteiger partial charge in [-0.1, -0.05) is 5.16 Å². The topological polar surface area (TPSA) is 93.2 Å². The van der Waals surface area contributed by atoms with Gasteiger partial charge in [0.1, 0.15) is 18.0 Å². The van der Waals surface area contributed by atoms with Crippen LogP contribution in [-0.2, 0) is 9.47 Å². The predicted molar refractivity (Wildman–Crippen MR) is 75.3 cm³/mol. The quantitative estimate of drug-likeness (QED) is 0.357. The molecule has 1 saturated heterocycles. The highest BCUT2D eigenvalue weighted by Crippen LogP contribution is 2.26. The predicted octanol–water partition coefficient (Wildman–Crippen LogP) is 0.335. The molecule has 20 heavy (non-hydrogen) atoms. The number of aryl methyl sites for hydroxylation is 1. The molecule has 2 rings (SSSR count). The van der Waals surface area contributed by atoms with Crippen LogP contribution in [0.15, 0.2) is 17.4 Å². The van der Waals surface area contributed by atoms with E-state index in [9.17, 15) is 0 Å². The number of hydrogen-bond donors (Lipinski definition) is 2. The molecule has 1 aliphatic rings. The summed E-state index contributed by atoms with van der Waals surface area (Å²) in [5, 5.41) is 12.0. The Morgan fingerprint density at radius 2 is 2.00 bits per heavy atom. The lowest BCUT2D eigenvalue weighted by atomic mass is 10.1. The van der Waals surface area contributed by atoms with Crippen LogP contribution in [0.3, 0.4) is 0 Å². The van der Waals surface area contributed by atoms with Crippen molar-refractivity contribution in [2.45, 2.75) is 19.1 Å². The maximum absolute atomic E-state index is 8.94. The molecule has 1 fully saturated rings. The van der Waals surface area contributed by atoms with Crippen molar-refractivity contribution in [2.24, 2.45) is 10.9 Å². The molecule has 7 heteroatoms. The molecule has 0 radical (unpaired) electrons. The first-order chi connectivity index (χ1) is 9.62. The van der Waals surface area contributed by atoms with E-state index < -0.39 is 0 Å². The molecule has 1 aliphatic heterocycles. The molecule has 0 aromatic carbocycles. The second-order valence-corrected chi connectivity index (χ2v) is 4.76. The highest BCUT2D eigenvalue weighted by atomic mass is 16.5. The normalized spacial score (nSPS) is 23.4. The lowest BCUT2D eigenvalue weighted by molar-refractivity contribution is -0.00461. The summed E-state index contributed by atoms with van der Waals surface area (Å²) in [7, 11) is 3.32. The zero-order valence-corrected chi connectivity index (χ0v) is 11.9. The van der Waals surface area contributed by atoms with Crippen molar-refractivity contribution >= 4 is 11.7 Å². The van der Waals surface area contributed by atoms with E-state index in [4.69, 9.17) is 20.4 Å². The fourth-order valence-corrected chi connectivity index (χ4v) is 2.52. The standard InChI is InChI=1S/C13H20N4O3/c1-8-4-5-15-13(11(8)12(14)16-18)17-6-9(19-2)10(7-17)20-3/h4-5,9-10,18H,6-7H2,1-3H3,(H2,14,16). The highest BCUT2D eigenvalue weighted by Gasteiger charge is 2.35. The Morgan fingerprint density at radius 3 is 2.50 bits per heavy atom. The Kier molecular flexibility index (Phi) is 4.41. The minimum Gasteiger partial charge on any atom is -0.409 e. The van der Waals surface area contributed by atoms with E-state index in [2.05, 4.69) is 10.1 Å². The Labute approximate surface area is 118 Å². The van der Waals surface area contributed by atoms with E-state index >= 15 is 0 Å². The number of oxime groups is 1. The van der Waals surface area contributed by atoms with Gasteiger partial charge in [0.25, 0.3) is 0 Å². The number of pyridine rings is 1. The summed E-state index contributed by atoms with van der Waals surface area (Å²) < 4.78 is 10.8. The Morgan fingerprint density at radius 1 is 1.40 bits per heavy atom. The number of aromatic nitrogens is 1. The van der Waals surface area contributed by atoms with Gasteiger partial charge >= 0.3 is 0 Å². The summed E-state index contributed by atoms with van der Waals surface area (Å²) in [5.74, 6) is 0.738. The van der Waals surface area contributed by atoms with Crippen LogP contribution in [0.4, 0.5) is 5.82 Å². The second kappa shape index (κ2) is 6.06. The number of methoxy groups -OCH3 is 2. The Hall–Kier alpha value is -1.86. The molecular formula is C13H20N4O3. The molecule has 0 spiro atoms. The summed E-state index contributed by atoms with van der Waals surface area (Å²) in [4.78, 5) is 6.40. The highest BCUT2D eigenvalue weighted by molar-refractivity contribution is 6.02. The summed E-state index contributed by atoms with van der Waals surface area (Å²) in [6.45, 7) is 3.20. The molecule has 0 amide bonds. The van der Waals surface area contributed by atoms with Gasteiger partial charge in [0.15, 0.2) is 5.84 Å². The van der Waals surface area contributed by atoms with Crippen molar-refractivity contribution in [2.75, 3.05) is 32.2 Å². The van der Waals surface area contributed by atoms with Crippen molar-refractivity contribution in [3.8, 4) is 0 Å². The second-order valence-electron chi connectivity index (χ2n) is 4.76. The third-order valence-electron chi connectivity index (χ3n) is 3.62. The molecule has 3 N–H and O–H groups in total. The SMILES string of the molecule is COC1CN(c2nccc(C)c2/C(N)=N/O)CC1OC. The smallest absolute Gasteiger partial charge is 0.174 e. The number of amidine groups is 1. The van der Waals surface area contributed by atoms with Crippen LogP contribution in [0.5, 0.6) is 0 Å². The van der Waals surface area contributed by atoms with Gasteiger partial charge in [-0.3, -0.25) is 0 Å². The molecule has 2 atom stereocenters. The average molecular weight is 280 g/mol. The number of anilines is 1. The van der Waals surface area contributed by atoms with Crippen LogP contribution < -0.4 is 10.6 Å². The first-order valence-electron chi connectivity index (χ1n) is 6.36.